The molecule has 1 N–H and O–H groups in total. The Balaban J connectivity index is 1.97. The molecule has 1 amide bonds. The van der Waals surface area contributed by atoms with Crippen LogP contribution in [0, 0.1) is 0 Å². The quantitative estimate of drug-likeness (QED) is 0.905. The minimum Gasteiger partial charge on any atom is -0.479 e. The maximum Gasteiger partial charge on any atom is 0.332 e. The molecule has 0 aliphatic carbocycles. The maximum absolute atomic E-state index is 12.3. The molecule has 110 valence electrons. The molecule has 2 unspecified atom stereocenters. The van der Waals surface area contributed by atoms with E-state index in [1.807, 2.05) is 13.0 Å². The number of amides is 1. The predicted molar refractivity (Wildman–Crippen MR) is 76.0 cm³/mol. The van der Waals surface area contributed by atoms with Gasteiger partial charge in [0.1, 0.15) is 6.10 Å². The zero-order valence-electron chi connectivity index (χ0n) is 11.0. The van der Waals surface area contributed by atoms with Gasteiger partial charge in [0, 0.05) is 11.4 Å². The van der Waals surface area contributed by atoms with Crippen molar-refractivity contribution in [2.45, 2.75) is 38.5 Å². The Kier molecular flexibility index (Phi) is 5.01. The van der Waals surface area contributed by atoms with Gasteiger partial charge in [0.15, 0.2) is 6.10 Å². The Morgan fingerprint density at radius 2 is 2.15 bits per heavy atom. The highest BCUT2D eigenvalue weighted by Crippen LogP contribution is 2.25. The van der Waals surface area contributed by atoms with Crippen LogP contribution in [0.25, 0.3) is 0 Å². The van der Waals surface area contributed by atoms with Crippen molar-refractivity contribution in [3.05, 3.63) is 21.3 Å². The van der Waals surface area contributed by atoms with Gasteiger partial charge >= 0.3 is 5.97 Å². The molecule has 2 atom stereocenters. The third-order valence-corrected chi connectivity index (χ3v) is 4.46. The van der Waals surface area contributed by atoms with E-state index in [-0.39, 0.29) is 5.91 Å². The SMILES string of the molecule is CCN(Cc1ccc(Cl)s1)C(=O)C1CCC(C(=O)O)O1. The first-order valence-corrected chi connectivity index (χ1v) is 7.62. The third-order valence-electron chi connectivity index (χ3n) is 3.24. The number of hydrogen-bond acceptors (Lipinski definition) is 4. The molecule has 7 heteroatoms. The lowest BCUT2D eigenvalue weighted by atomic mass is 10.2. The Morgan fingerprint density at radius 1 is 1.45 bits per heavy atom. The van der Waals surface area contributed by atoms with Gasteiger partial charge in [-0.3, -0.25) is 4.79 Å². The molecule has 0 radical (unpaired) electrons. The number of halogens is 1. The summed E-state index contributed by atoms with van der Waals surface area (Å²) in [6.45, 7) is 2.91. The van der Waals surface area contributed by atoms with E-state index in [4.69, 9.17) is 21.4 Å². The molecule has 1 aliphatic heterocycles. The molecule has 0 saturated carbocycles. The van der Waals surface area contributed by atoms with Crippen LogP contribution < -0.4 is 0 Å². The molecule has 2 heterocycles. The summed E-state index contributed by atoms with van der Waals surface area (Å²) >= 11 is 7.31. The molecule has 1 saturated heterocycles. The first kappa shape index (κ1) is 15.3. The molecule has 1 fully saturated rings. The van der Waals surface area contributed by atoms with Gasteiger partial charge in [-0.25, -0.2) is 4.79 Å². The predicted octanol–water partition coefficient (Wildman–Crippen LogP) is 2.38. The molecule has 0 aromatic carbocycles. The van der Waals surface area contributed by atoms with Crippen molar-refractivity contribution in [3.8, 4) is 0 Å². The van der Waals surface area contributed by atoms with E-state index in [1.165, 1.54) is 11.3 Å². The van der Waals surface area contributed by atoms with Gasteiger partial charge < -0.3 is 14.7 Å². The lowest BCUT2D eigenvalue weighted by Gasteiger charge is -2.23. The highest BCUT2D eigenvalue weighted by atomic mass is 35.5. The van der Waals surface area contributed by atoms with Crippen molar-refractivity contribution in [1.82, 2.24) is 4.90 Å². The van der Waals surface area contributed by atoms with Crippen LogP contribution in [-0.4, -0.2) is 40.6 Å². The van der Waals surface area contributed by atoms with Crippen LogP contribution in [0.1, 0.15) is 24.6 Å². The van der Waals surface area contributed by atoms with Crippen LogP contribution in [0.2, 0.25) is 4.34 Å². The fourth-order valence-electron chi connectivity index (χ4n) is 2.17. The second-order valence-corrected chi connectivity index (χ2v) is 6.39. The van der Waals surface area contributed by atoms with E-state index in [0.717, 1.165) is 4.88 Å². The van der Waals surface area contributed by atoms with Crippen LogP contribution in [0.4, 0.5) is 0 Å². The zero-order valence-corrected chi connectivity index (χ0v) is 12.6. The molecule has 20 heavy (non-hydrogen) atoms. The number of ether oxygens (including phenoxy) is 1. The standard InChI is InChI=1S/C13H16ClNO4S/c1-2-15(7-8-3-6-11(14)20-8)12(16)9-4-5-10(19-9)13(17)18/h3,6,9-10H,2,4-5,7H2,1H3,(H,17,18). The van der Waals surface area contributed by atoms with Gasteiger partial charge in [-0.1, -0.05) is 11.6 Å². The summed E-state index contributed by atoms with van der Waals surface area (Å²) in [5.41, 5.74) is 0. The fraction of sp³-hybridized carbons (Fsp3) is 0.538. The van der Waals surface area contributed by atoms with Crippen molar-refractivity contribution in [2.75, 3.05) is 6.54 Å². The van der Waals surface area contributed by atoms with Gasteiger partial charge in [-0.2, -0.15) is 0 Å². The van der Waals surface area contributed by atoms with Crippen molar-refractivity contribution in [3.63, 3.8) is 0 Å². The molecule has 2 rings (SSSR count). The van der Waals surface area contributed by atoms with Crippen LogP contribution >= 0.6 is 22.9 Å². The van der Waals surface area contributed by atoms with E-state index in [0.29, 0.717) is 30.3 Å². The van der Waals surface area contributed by atoms with Crippen LogP contribution in [0.3, 0.4) is 0 Å². The van der Waals surface area contributed by atoms with Gasteiger partial charge in [0.05, 0.1) is 10.9 Å². The molecule has 1 aliphatic rings. The van der Waals surface area contributed by atoms with Crippen LogP contribution in [0.15, 0.2) is 12.1 Å². The minimum atomic E-state index is -1.01. The fourth-order valence-corrected chi connectivity index (χ4v) is 3.28. The number of hydrogen-bond donors (Lipinski definition) is 1. The average Bonchev–Trinajstić information content (AvgIpc) is 3.04. The molecule has 0 spiro atoms. The van der Waals surface area contributed by atoms with Crippen molar-refractivity contribution >= 4 is 34.8 Å². The van der Waals surface area contributed by atoms with Gasteiger partial charge in [0.25, 0.3) is 5.91 Å². The van der Waals surface area contributed by atoms with Gasteiger partial charge in [-0.05, 0) is 31.9 Å². The third kappa shape index (κ3) is 3.50. The van der Waals surface area contributed by atoms with Crippen molar-refractivity contribution in [2.24, 2.45) is 0 Å². The summed E-state index contributed by atoms with van der Waals surface area (Å²) in [7, 11) is 0. The Labute approximate surface area is 126 Å². The first-order valence-electron chi connectivity index (χ1n) is 6.42. The Bertz CT molecular complexity index is 504. The summed E-state index contributed by atoms with van der Waals surface area (Å²) in [6.07, 6.45) is -0.670. The topological polar surface area (TPSA) is 66.8 Å². The number of carbonyl (C=O) groups excluding carboxylic acids is 1. The number of carboxylic acids is 1. The second kappa shape index (κ2) is 6.56. The monoisotopic (exact) mass is 317 g/mol. The maximum atomic E-state index is 12.3. The van der Waals surface area contributed by atoms with Crippen molar-refractivity contribution in [1.29, 1.82) is 0 Å². The number of carbonyl (C=O) groups is 2. The van der Waals surface area contributed by atoms with E-state index < -0.39 is 18.2 Å². The van der Waals surface area contributed by atoms with E-state index in [9.17, 15) is 9.59 Å². The molecule has 0 bridgehead atoms. The summed E-state index contributed by atoms with van der Waals surface area (Å²) in [4.78, 5) is 25.8. The Morgan fingerprint density at radius 3 is 2.65 bits per heavy atom. The van der Waals surface area contributed by atoms with Crippen molar-refractivity contribution < 1.29 is 19.4 Å². The lowest BCUT2D eigenvalue weighted by molar-refractivity contribution is -0.154. The summed E-state index contributed by atoms with van der Waals surface area (Å²) < 4.78 is 5.98. The smallest absolute Gasteiger partial charge is 0.332 e. The molecular weight excluding hydrogens is 302 g/mol. The highest BCUT2D eigenvalue weighted by Gasteiger charge is 2.36. The summed E-state index contributed by atoms with van der Waals surface area (Å²) in [5.74, 6) is -1.16. The average molecular weight is 318 g/mol. The lowest BCUT2D eigenvalue weighted by Crippen LogP contribution is -2.39. The zero-order chi connectivity index (χ0) is 14.7. The molecule has 1 aromatic rings. The summed E-state index contributed by atoms with van der Waals surface area (Å²) in [5, 5.41) is 8.88. The highest BCUT2D eigenvalue weighted by molar-refractivity contribution is 7.16. The number of carboxylic acid groups (broad SMARTS) is 1. The van der Waals surface area contributed by atoms with E-state index in [2.05, 4.69) is 0 Å². The molecular formula is C13H16ClNO4S. The summed E-state index contributed by atoms with van der Waals surface area (Å²) in [6, 6.07) is 3.69. The number of likely N-dealkylation sites (N-methyl/N-ethyl adjacent to an activating group) is 1. The van der Waals surface area contributed by atoms with Crippen LogP contribution in [0.5, 0.6) is 0 Å². The molecule has 1 aromatic heterocycles. The number of rotatable bonds is 5. The number of aliphatic carboxylic acids is 1. The van der Waals surface area contributed by atoms with Gasteiger partial charge in [0.2, 0.25) is 0 Å². The number of thiophene rings is 1. The van der Waals surface area contributed by atoms with E-state index in [1.54, 1.807) is 11.0 Å². The van der Waals surface area contributed by atoms with E-state index >= 15 is 0 Å². The number of nitrogens with zero attached hydrogens (tertiary/aromatic N) is 1. The molecule has 5 nitrogen and oxygen atoms in total. The first-order chi connectivity index (χ1) is 9.51. The minimum absolute atomic E-state index is 0.152. The largest absolute Gasteiger partial charge is 0.479 e. The normalized spacial score (nSPS) is 21.9. The second-order valence-electron chi connectivity index (χ2n) is 4.59. The Hall–Kier alpha value is -1.11. The van der Waals surface area contributed by atoms with Gasteiger partial charge in [-0.15, -0.1) is 11.3 Å². The van der Waals surface area contributed by atoms with Crippen LogP contribution in [-0.2, 0) is 20.9 Å².